The van der Waals surface area contributed by atoms with Crippen molar-refractivity contribution in [3.63, 3.8) is 0 Å². The molecule has 0 N–H and O–H groups in total. The summed E-state index contributed by atoms with van der Waals surface area (Å²) in [6, 6.07) is 13.9. The summed E-state index contributed by atoms with van der Waals surface area (Å²) in [7, 11) is 0. The number of alkyl halides is 3. The average molecular weight is 378 g/mol. The summed E-state index contributed by atoms with van der Waals surface area (Å²) in [6.45, 7) is 0.537. The summed E-state index contributed by atoms with van der Waals surface area (Å²) in [5, 5.41) is 8.55. The predicted octanol–water partition coefficient (Wildman–Crippen LogP) is 4.34. The van der Waals surface area contributed by atoms with E-state index in [0.717, 1.165) is 11.3 Å². The van der Waals surface area contributed by atoms with E-state index < -0.39 is 6.36 Å². The van der Waals surface area contributed by atoms with Gasteiger partial charge in [-0.2, -0.15) is 5.26 Å². The highest BCUT2D eigenvalue weighted by Gasteiger charge is 2.33. The van der Waals surface area contributed by atoms with Gasteiger partial charge >= 0.3 is 6.36 Å². The van der Waals surface area contributed by atoms with Crippen LogP contribution in [0.15, 0.2) is 48.5 Å². The Kier molecular flexibility index (Phi) is 5.09. The number of nitriles is 1. The van der Waals surface area contributed by atoms with Gasteiger partial charge in [0, 0.05) is 17.9 Å². The van der Waals surface area contributed by atoms with Crippen molar-refractivity contribution in [2.24, 2.45) is 0 Å². The third kappa shape index (κ3) is 4.11. The fraction of sp³-hybridized carbons (Fsp3) is 0.222. The Hall–Kier alpha value is -2.66. The lowest BCUT2D eigenvalue weighted by atomic mass is 10.1. The molecule has 1 saturated heterocycles. The van der Waals surface area contributed by atoms with Crippen LogP contribution in [0, 0.1) is 11.3 Å². The Morgan fingerprint density at radius 3 is 2.38 bits per heavy atom. The number of hydrogen-bond acceptors (Lipinski definition) is 4. The Labute approximate surface area is 152 Å². The molecule has 0 aromatic heterocycles. The fourth-order valence-electron chi connectivity index (χ4n) is 2.64. The molecule has 134 valence electrons. The van der Waals surface area contributed by atoms with Crippen LogP contribution < -0.4 is 4.74 Å². The van der Waals surface area contributed by atoms with Crippen LogP contribution in [0.4, 0.5) is 13.2 Å². The molecule has 1 atom stereocenters. The molecule has 0 aliphatic carbocycles. The Morgan fingerprint density at radius 1 is 1.15 bits per heavy atom. The van der Waals surface area contributed by atoms with E-state index in [1.54, 1.807) is 40.9 Å². The summed E-state index contributed by atoms with van der Waals surface area (Å²) in [4.78, 5) is 14.4. The molecule has 26 heavy (non-hydrogen) atoms. The zero-order valence-corrected chi connectivity index (χ0v) is 14.2. The van der Waals surface area contributed by atoms with Gasteiger partial charge in [-0.05, 0) is 42.0 Å². The van der Waals surface area contributed by atoms with E-state index in [1.165, 1.54) is 24.3 Å². The number of hydrogen-bond donors (Lipinski definition) is 0. The van der Waals surface area contributed by atoms with E-state index in [0.29, 0.717) is 17.7 Å². The molecule has 2 aromatic carbocycles. The number of carbonyl (C=O) groups is 1. The number of thioether (sulfide) groups is 1. The largest absolute Gasteiger partial charge is 0.573 e. The second-order valence-corrected chi connectivity index (χ2v) is 6.72. The van der Waals surface area contributed by atoms with Crippen molar-refractivity contribution < 1.29 is 22.7 Å². The summed E-state index contributed by atoms with van der Waals surface area (Å²) in [5.74, 6) is 0.252. The molecule has 1 aliphatic rings. The quantitative estimate of drug-likeness (QED) is 0.797. The molecule has 1 amide bonds. The molecule has 0 radical (unpaired) electrons. The van der Waals surface area contributed by atoms with Crippen LogP contribution in [0.2, 0.25) is 0 Å². The van der Waals surface area contributed by atoms with Gasteiger partial charge in [0.05, 0.1) is 11.6 Å². The number of benzene rings is 2. The predicted molar refractivity (Wildman–Crippen MR) is 90.5 cm³/mol. The molecule has 0 bridgehead atoms. The van der Waals surface area contributed by atoms with E-state index in [4.69, 9.17) is 5.26 Å². The van der Waals surface area contributed by atoms with Crippen molar-refractivity contribution in [3.05, 3.63) is 65.2 Å². The van der Waals surface area contributed by atoms with E-state index >= 15 is 0 Å². The third-order valence-corrected chi connectivity index (χ3v) is 5.07. The maximum atomic E-state index is 12.7. The molecule has 3 rings (SSSR count). The minimum Gasteiger partial charge on any atom is -0.406 e. The molecule has 0 unspecified atom stereocenters. The molecule has 8 heteroatoms. The van der Waals surface area contributed by atoms with Gasteiger partial charge in [-0.15, -0.1) is 24.9 Å². The topological polar surface area (TPSA) is 53.3 Å². The number of ether oxygens (including phenoxy) is 1. The van der Waals surface area contributed by atoms with Crippen molar-refractivity contribution >= 4 is 17.7 Å². The fourth-order valence-corrected chi connectivity index (χ4v) is 3.90. The van der Waals surface area contributed by atoms with Crippen LogP contribution in [-0.4, -0.2) is 29.5 Å². The first-order valence-corrected chi connectivity index (χ1v) is 8.71. The summed E-state index contributed by atoms with van der Waals surface area (Å²) in [5.41, 5.74) is 1.66. The molecule has 0 spiro atoms. The van der Waals surface area contributed by atoms with Crippen LogP contribution in [-0.2, 0) is 0 Å². The van der Waals surface area contributed by atoms with E-state index in [-0.39, 0.29) is 17.0 Å². The number of carbonyl (C=O) groups excluding carboxylic acids is 1. The van der Waals surface area contributed by atoms with Crippen LogP contribution in [0.3, 0.4) is 0 Å². The van der Waals surface area contributed by atoms with Gasteiger partial charge in [-0.3, -0.25) is 4.79 Å². The van der Waals surface area contributed by atoms with Crippen molar-refractivity contribution in [2.75, 3.05) is 12.3 Å². The molecule has 1 aliphatic heterocycles. The minimum absolute atomic E-state index is 0.180. The second kappa shape index (κ2) is 7.30. The van der Waals surface area contributed by atoms with Crippen LogP contribution in [0.5, 0.6) is 5.75 Å². The highest BCUT2D eigenvalue weighted by Crippen LogP contribution is 2.39. The molecule has 1 heterocycles. The summed E-state index contributed by atoms with van der Waals surface area (Å²) < 4.78 is 40.6. The van der Waals surface area contributed by atoms with Crippen molar-refractivity contribution in [3.8, 4) is 11.8 Å². The molecular weight excluding hydrogens is 365 g/mol. The standard InChI is InChI=1S/C18H13F3N2O2S/c19-18(20,21)25-15-7-5-14(6-8-15)17-23(9-10-26-17)16(24)13-3-1-12(11-22)2-4-13/h1-8,17H,9-10H2/t17-/m1/s1. The zero-order valence-electron chi connectivity index (χ0n) is 13.4. The monoisotopic (exact) mass is 378 g/mol. The molecule has 1 fully saturated rings. The normalized spacial score (nSPS) is 17.0. The first kappa shape index (κ1) is 18.1. The lowest BCUT2D eigenvalue weighted by molar-refractivity contribution is -0.274. The summed E-state index contributed by atoms with van der Waals surface area (Å²) in [6.07, 6.45) is -4.73. The Bertz CT molecular complexity index is 830. The number of amides is 1. The number of nitrogens with zero attached hydrogens (tertiary/aromatic N) is 2. The first-order valence-electron chi connectivity index (χ1n) is 7.66. The van der Waals surface area contributed by atoms with Gasteiger partial charge in [0.15, 0.2) is 0 Å². The van der Waals surface area contributed by atoms with Gasteiger partial charge in [0.2, 0.25) is 0 Å². The number of halogens is 3. The van der Waals surface area contributed by atoms with Gasteiger partial charge in [-0.1, -0.05) is 12.1 Å². The SMILES string of the molecule is N#Cc1ccc(C(=O)N2CCS[C@@H]2c2ccc(OC(F)(F)F)cc2)cc1. The smallest absolute Gasteiger partial charge is 0.406 e. The number of rotatable bonds is 3. The average Bonchev–Trinajstić information content (AvgIpc) is 3.10. The van der Waals surface area contributed by atoms with Crippen molar-refractivity contribution in [2.45, 2.75) is 11.7 Å². The highest BCUT2D eigenvalue weighted by atomic mass is 32.2. The van der Waals surface area contributed by atoms with Crippen LogP contribution in [0.1, 0.15) is 26.9 Å². The van der Waals surface area contributed by atoms with Crippen molar-refractivity contribution in [1.29, 1.82) is 5.26 Å². The highest BCUT2D eigenvalue weighted by molar-refractivity contribution is 7.99. The minimum atomic E-state index is -4.73. The lowest BCUT2D eigenvalue weighted by Gasteiger charge is -2.24. The van der Waals surface area contributed by atoms with Crippen LogP contribution in [0.25, 0.3) is 0 Å². The van der Waals surface area contributed by atoms with E-state index in [1.807, 2.05) is 6.07 Å². The summed E-state index contributed by atoms with van der Waals surface area (Å²) >= 11 is 1.54. The third-order valence-electron chi connectivity index (χ3n) is 3.81. The van der Waals surface area contributed by atoms with Crippen LogP contribution >= 0.6 is 11.8 Å². The molecule has 4 nitrogen and oxygen atoms in total. The van der Waals surface area contributed by atoms with Gasteiger partial charge in [0.1, 0.15) is 11.1 Å². The lowest BCUT2D eigenvalue weighted by Crippen LogP contribution is -2.30. The maximum Gasteiger partial charge on any atom is 0.573 e. The zero-order chi connectivity index (χ0) is 18.7. The van der Waals surface area contributed by atoms with E-state index in [9.17, 15) is 18.0 Å². The van der Waals surface area contributed by atoms with Gasteiger partial charge in [-0.25, -0.2) is 0 Å². The Balaban J connectivity index is 1.77. The molecule has 2 aromatic rings. The van der Waals surface area contributed by atoms with Gasteiger partial charge < -0.3 is 9.64 Å². The maximum absolute atomic E-state index is 12.7. The van der Waals surface area contributed by atoms with Crippen molar-refractivity contribution in [1.82, 2.24) is 4.90 Å². The van der Waals surface area contributed by atoms with Gasteiger partial charge in [0.25, 0.3) is 5.91 Å². The Morgan fingerprint density at radius 2 is 1.81 bits per heavy atom. The van der Waals surface area contributed by atoms with E-state index in [2.05, 4.69) is 4.74 Å². The molecule has 0 saturated carbocycles. The first-order chi connectivity index (χ1) is 12.4. The molecular formula is C18H13F3N2O2S. The second-order valence-electron chi connectivity index (χ2n) is 5.53.